The number of aliphatic hydroxyl groups excluding tert-OH is 12. The fraction of sp³-hybridized carbons (Fsp3) is 0.957. The lowest BCUT2D eigenvalue weighted by Crippen LogP contribution is -2.69. The van der Waals surface area contributed by atoms with Crippen molar-refractivity contribution in [3.8, 4) is 0 Å². The molecule has 3 aliphatic heterocycles. The van der Waals surface area contributed by atoms with Crippen molar-refractivity contribution in [2.45, 2.75) is 217 Å². The number of aliphatic hydroxyl groups is 12. The zero-order chi connectivity index (χ0) is 47.9. The van der Waals surface area contributed by atoms with Crippen LogP contribution in [-0.4, -0.2) is 191 Å². The van der Waals surface area contributed by atoms with Crippen LogP contribution >= 0.6 is 0 Å². The zero-order valence-corrected chi connectivity index (χ0v) is 39.3. The van der Waals surface area contributed by atoms with Gasteiger partial charge in [0.2, 0.25) is 0 Å². The second-order valence-corrected chi connectivity index (χ2v) is 22.7. The van der Waals surface area contributed by atoms with Crippen molar-refractivity contribution in [1.82, 2.24) is 0 Å². The van der Waals surface area contributed by atoms with E-state index in [9.17, 15) is 61.3 Å². The van der Waals surface area contributed by atoms with Gasteiger partial charge < -0.3 is 89.7 Å². The number of ether oxygens (including phenoxy) is 6. The van der Waals surface area contributed by atoms with E-state index in [1.54, 1.807) is 0 Å². The number of hydrogen-bond acceptors (Lipinski definition) is 18. The lowest BCUT2D eigenvalue weighted by Gasteiger charge is -2.71. The molecule has 18 nitrogen and oxygen atoms in total. The van der Waals surface area contributed by atoms with Crippen molar-refractivity contribution in [2.24, 2.45) is 45.3 Å². The van der Waals surface area contributed by atoms with Gasteiger partial charge in [-0.25, -0.2) is 0 Å². The van der Waals surface area contributed by atoms with Gasteiger partial charge in [0.05, 0.1) is 43.7 Å². The maximum atomic E-state index is 12.7. The lowest BCUT2D eigenvalue weighted by molar-refractivity contribution is -0.348. The smallest absolute Gasteiger partial charge is 0.187 e. The van der Waals surface area contributed by atoms with Gasteiger partial charge in [-0.1, -0.05) is 46.3 Å². The molecule has 376 valence electrons. The quantitative estimate of drug-likeness (QED) is 0.0874. The standard InChI is InChI=1S/C47H80O18/c1-21(2)10-9-13-47(8,65-42-38(59)35(56)33(54)27(63-42)20-61-40-36(57)31(52)25(51)19-60-40)22-11-14-46(7)30(22)23(49)16-29-44(5)17-24(50)39(43(3,4)28(44)12-15-45(29,46)6)64-41-37(58)34(55)32(53)26(18-48)62-41/h10,22-42,48-59H,9,11-20H2,1-8H3/t22-,23-,24-,25-,26+,27+,28-,29-,30+,31-,32-,33+,34+,35+,36-,37+,38-,39-,40+,41+,42+,44-,45+,46-,47-/m1/s1. The lowest BCUT2D eigenvalue weighted by atomic mass is 9.35. The van der Waals surface area contributed by atoms with Crippen LogP contribution in [0.5, 0.6) is 0 Å². The van der Waals surface area contributed by atoms with Crippen LogP contribution in [0.1, 0.15) is 107 Å². The van der Waals surface area contributed by atoms with Crippen molar-refractivity contribution in [3.05, 3.63) is 11.6 Å². The molecule has 18 heteroatoms. The topological polar surface area (TPSA) is 298 Å². The van der Waals surface area contributed by atoms with E-state index in [4.69, 9.17) is 28.4 Å². The summed E-state index contributed by atoms with van der Waals surface area (Å²) in [5.41, 5.74) is -1.79. The molecule has 0 amide bonds. The Morgan fingerprint density at radius 3 is 1.92 bits per heavy atom. The fourth-order valence-corrected chi connectivity index (χ4v) is 14.7. The first-order valence-corrected chi connectivity index (χ1v) is 23.9. The Kier molecular flexibility index (Phi) is 15.1. The molecule has 0 radical (unpaired) electrons. The maximum absolute atomic E-state index is 12.7. The summed E-state index contributed by atoms with van der Waals surface area (Å²) in [6.07, 6.45) is -16.4. The van der Waals surface area contributed by atoms with Gasteiger partial charge in [0.25, 0.3) is 0 Å². The van der Waals surface area contributed by atoms with Crippen molar-refractivity contribution in [2.75, 3.05) is 19.8 Å². The summed E-state index contributed by atoms with van der Waals surface area (Å²) in [6, 6.07) is 0. The number of allylic oxidation sites excluding steroid dienone is 2. The van der Waals surface area contributed by atoms with E-state index in [0.717, 1.165) is 24.8 Å². The van der Waals surface area contributed by atoms with E-state index in [2.05, 4.69) is 26.8 Å². The first-order chi connectivity index (χ1) is 30.3. The molecule has 0 aromatic heterocycles. The highest BCUT2D eigenvalue weighted by atomic mass is 16.7. The summed E-state index contributed by atoms with van der Waals surface area (Å²) in [6.45, 7) is 15.6. The summed E-state index contributed by atoms with van der Waals surface area (Å²) in [4.78, 5) is 0. The maximum Gasteiger partial charge on any atom is 0.187 e. The second kappa shape index (κ2) is 19.0. The van der Waals surface area contributed by atoms with Crippen LogP contribution in [0.25, 0.3) is 0 Å². The van der Waals surface area contributed by atoms with Gasteiger partial charge in [0, 0.05) is 0 Å². The van der Waals surface area contributed by atoms with Crippen LogP contribution in [-0.2, 0) is 28.4 Å². The van der Waals surface area contributed by atoms with Crippen LogP contribution in [0.4, 0.5) is 0 Å². The van der Waals surface area contributed by atoms with Gasteiger partial charge >= 0.3 is 0 Å². The average Bonchev–Trinajstić information content (AvgIpc) is 3.62. The van der Waals surface area contributed by atoms with Crippen molar-refractivity contribution in [1.29, 1.82) is 0 Å². The normalized spacial score (nSPS) is 53.0. The number of rotatable bonds is 12. The van der Waals surface area contributed by atoms with Crippen LogP contribution in [0.15, 0.2) is 11.6 Å². The third-order valence-electron chi connectivity index (χ3n) is 18.3. The molecule has 65 heavy (non-hydrogen) atoms. The SMILES string of the molecule is CC(C)=CCC[C@@](C)(O[C@@H]1O[C@@H](CO[C@@H]2OC[C@@H](O)[C@@H](O)[C@H]2O)[C@H](O)[C@H](O)[C@H]1O)[C@@H]1CC[C@]2(C)[C@@H]1[C@H](O)C[C@@H]1[C@]3(C)C[C@@H](O)[C@@H](O[C@@H]4O[C@@H](CO)[C@@H](O)[C@H](O)[C@@H]4O)C(C)(C)[C@H]3CC[C@@]12C. The monoisotopic (exact) mass is 933 g/mol. The second-order valence-electron chi connectivity index (χ2n) is 22.7. The summed E-state index contributed by atoms with van der Waals surface area (Å²) < 4.78 is 36.2. The van der Waals surface area contributed by atoms with Gasteiger partial charge in [-0.3, -0.25) is 0 Å². The minimum Gasteiger partial charge on any atom is -0.394 e. The number of fused-ring (bicyclic) bond motifs is 5. The molecule has 12 N–H and O–H groups in total. The molecule has 4 aliphatic carbocycles. The first kappa shape index (κ1) is 51.9. The summed E-state index contributed by atoms with van der Waals surface area (Å²) >= 11 is 0. The largest absolute Gasteiger partial charge is 0.394 e. The highest BCUT2D eigenvalue weighted by Crippen LogP contribution is 2.76. The van der Waals surface area contributed by atoms with Crippen LogP contribution < -0.4 is 0 Å². The molecular formula is C47H80O18. The molecule has 7 fully saturated rings. The Balaban J connectivity index is 1.12. The Bertz CT molecular complexity index is 1660. The minimum atomic E-state index is -1.70. The average molecular weight is 933 g/mol. The molecule has 0 aromatic carbocycles. The molecule has 0 spiro atoms. The van der Waals surface area contributed by atoms with Crippen LogP contribution in [0, 0.1) is 45.3 Å². The molecule has 7 aliphatic rings. The molecule has 25 atom stereocenters. The Labute approximate surface area is 382 Å². The minimum absolute atomic E-state index is 0.00169. The third-order valence-corrected chi connectivity index (χ3v) is 18.3. The van der Waals surface area contributed by atoms with Gasteiger partial charge in [-0.15, -0.1) is 0 Å². The number of hydrogen-bond donors (Lipinski definition) is 12. The van der Waals surface area contributed by atoms with Crippen molar-refractivity contribution >= 4 is 0 Å². The highest BCUT2D eigenvalue weighted by molar-refractivity contribution is 5.21. The van der Waals surface area contributed by atoms with Gasteiger partial charge in [0.1, 0.15) is 67.1 Å². The van der Waals surface area contributed by atoms with E-state index < -0.39 is 139 Å². The van der Waals surface area contributed by atoms with Gasteiger partial charge in [-0.2, -0.15) is 0 Å². The molecular weight excluding hydrogens is 852 g/mol. The third kappa shape index (κ3) is 8.83. The van der Waals surface area contributed by atoms with Crippen molar-refractivity contribution in [3.63, 3.8) is 0 Å². The molecule has 0 aromatic rings. The van der Waals surface area contributed by atoms with Gasteiger partial charge in [-0.05, 0) is 117 Å². The Morgan fingerprint density at radius 1 is 0.677 bits per heavy atom. The zero-order valence-electron chi connectivity index (χ0n) is 39.3. The van der Waals surface area contributed by atoms with E-state index in [1.807, 2.05) is 34.6 Å². The highest BCUT2D eigenvalue weighted by Gasteiger charge is 2.73. The van der Waals surface area contributed by atoms with Crippen LogP contribution in [0.3, 0.4) is 0 Å². The molecule has 3 heterocycles. The molecule has 0 bridgehead atoms. The predicted octanol–water partition coefficient (Wildman–Crippen LogP) is -0.417. The van der Waals surface area contributed by atoms with E-state index in [1.165, 1.54) is 0 Å². The fourth-order valence-electron chi connectivity index (χ4n) is 14.7. The Hall–Kier alpha value is -0.980. The summed E-state index contributed by atoms with van der Waals surface area (Å²) in [5, 5.41) is 130. The van der Waals surface area contributed by atoms with Crippen molar-refractivity contribution < 1.29 is 89.7 Å². The molecule has 7 rings (SSSR count). The molecule has 0 unspecified atom stereocenters. The predicted molar refractivity (Wildman–Crippen MR) is 229 cm³/mol. The van der Waals surface area contributed by atoms with Gasteiger partial charge in [0.15, 0.2) is 18.9 Å². The van der Waals surface area contributed by atoms with Crippen LogP contribution in [0.2, 0.25) is 0 Å². The Morgan fingerprint density at radius 2 is 1.28 bits per heavy atom. The van der Waals surface area contributed by atoms with E-state index in [0.29, 0.717) is 32.1 Å². The molecule has 4 saturated carbocycles. The summed E-state index contributed by atoms with van der Waals surface area (Å²) in [7, 11) is 0. The molecule has 3 saturated heterocycles. The first-order valence-electron chi connectivity index (χ1n) is 23.9. The van der Waals surface area contributed by atoms with E-state index >= 15 is 0 Å². The van der Waals surface area contributed by atoms with E-state index in [-0.39, 0.29) is 35.7 Å². The summed E-state index contributed by atoms with van der Waals surface area (Å²) in [5.74, 6) is -0.525.